The smallest absolute Gasteiger partial charge is 0.270 e. The number of halogens is 3. The number of carbonyl (C=O) groups is 2. The van der Waals surface area contributed by atoms with Crippen LogP contribution in [-0.4, -0.2) is 40.0 Å². The van der Waals surface area contributed by atoms with Gasteiger partial charge in [-0.05, 0) is 51.3 Å². The highest BCUT2D eigenvalue weighted by Gasteiger charge is 2.55. The predicted octanol–water partition coefficient (Wildman–Crippen LogP) is 3.50. The van der Waals surface area contributed by atoms with Crippen LogP contribution in [0.2, 0.25) is 0 Å². The molecule has 2 aromatic rings. The number of alkyl halides is 1. The maximum absolute atomic E-state index is 15.3. The first-order chi connectivity index (χ1) is 14.6. The van der Waals surface area contributed by atoms with Crippen LogP contribution in [0.15, 0.2) is 30.5 Å². The molecule has 1 saturated carbocycles. The lowest BCUT2D eigenvalue weighted by atomic mass is 9.66. The molecule has 0 bridgehead atoms. The van der Waals surface area contributed by atoms with Crippen molar-refractivity contribution < 1.29 is 22.8 Å². The van der Waals surface area contributed by atoms with E-state index in [1.165, 1.54) is 24.1 Å². The van der Waals surface area contributed by atoms with Gasteiger partial charge >= 0.3 is 0 Å². The first-order valence-electron chi connectivity index (χ1n) is 10.1. The molecule has 1 aromatic heterocycles. The molecule has 1 saturated heterocycles. The minimum absolute atomic E-state index is 0.00782. The number of aryl methyl sites for hydroxylation is 1. The first kappa shape index (κ1) is 21.3. The van der Waals surface area contributed by atoms with Crippen molar-refractivity contribution in [2.45, 2.75) is 51.2 Å². The molecule has 4 rings (SSSR count). The van der Waals surface area contributed by atoms with E-state index >= 15 is 4.39 Å². The number of aromatic nitrogens is 2. The van der Waals surface area contributed by atoms with E-state index < -0.39 is 34.7 Å². The number of hydrogen-bond donors (Lipinski definition) is 1. The fourth-order valence-corrected chi connectivity index (χ4v) is 4.97. The fourth-order valence-electron chi connectivity index (χ4n) is 4.97. The molecule has 3 unspecified atom stereocenters. The van der Waals surface area contributed by atoms with Crippen molar-refractivity contribution in [3.05, 3.63) is 53.6 Å². The molecule has 3 atom stereocenters. The average molecular weight is 432 g/mol. The molecule has 1 aromatic carbocycles. The second kappa shape index (κ2) is 7.62. The van der Waals surface area contributed by atoms with E-state index in [0.717, 1.165) is 18.2 Å². The second-order valence-electron chi connectivity index (χ2n) is 8.77. The van der Waals surface area contributed by atoms with Gasteiger partial charge in [-0.15, -0.1) is 0 Å². The topological polar surface area (TPSA) is 75.2 Å². The lowest BCUT2D eigenvalue weighted by molar-refractivity contribution is -0.131. The third-order valence-electron chi connectivity index (χ3n) is 6.03. The maximum Gasteiger partial charge on any atom is 0.270 e. The van der Waals surface area contributed by atoms with Crippen LogP contribution in [0.5, 0.6) is 0 Å². The molecule has 6 nitrogen and oxygen atoms in total. The van der Waals surface area contributed by atoms with Crippen molar-refractivity contribution in [1.82, 2.24) is 15.3 Å². The zero-order valence-corrected chi connectivity index (χ0v) is 17.3. The highest BCUT2D eigenvalue weighted by Crippen LogP contribution is 2.50. The Balaban J connectivity index is 1.56. The number of benzene rings is 1. The van der Waals surface area contributed by atoms with Crippen LogP contribution in [0.3, 0.4) is 0 Å². The summed E-state index contributed by atoms with van der Waals surface area (Å²) in [5, 5.41) is 2.80. The van der Waals surface area contributed by atoms with Gasteiger partial charge in [0.2, 0.25) is 5.91 Å². The summed E-state index contributed by atoms with van der Waals surface area (Å²) >= 11 is 0. The van der Waals surface area contributed by atoms with Gasteiger partial charge in [0.25, 0.3) is 5.91 Å². The molecule has 31 heavy (non-hydrogen) atoms. The molecule has 1 spiro atoms. The van der Waals surface area contributed by atoms with Crippen LogP contribution < -0.4 is 10.2 Å². The van der Waals surface area contributed by atoms with E-state index in [0.29, 0.717) is 12.2 Å². The van der Waals surface area contributed by atoms with E-state index in [9.17, 15) is 18.4 Å². The Hall–Kier alpha value is -2.97. The lowest BCUT2D eigenvalue weighted by Gasteiger charge is -2.43. The van der Waals surface area contributed by atoms with E-state index in [4.69, 9.17) is 0 Å². The van der Waals surface area contributed by atoms with Crippen LogP contribution >= 0.6 is 0 Å². The Kier molecular flexibility index (Phi) is 5.23. The maximum atomic E-state index is 15.3. The molecular formula is C22H23F3N4O2. The Morgan fingerprint density at radius 1 is 1.23 bits per heavy atom. The Morgan fingerprint density at radius 3 is 2.61 bits per heavy atom. The Labute approximate surface area is 177 Å². The third kappa shape index (κ3) is 4.26. The van der Waals surface area contributed by atoms with Gasteiger partial charge in [-0.2, -0.15) is 0 Å². The monoisotopic (exact) mass is 432 g/mol. The molecule has 2 fully saturated rings. The summed E-state index contributed by atoms with van der Waals surface area (Å²) < 4.78 is 42.6. The second-order valence-corrected chi connectivity index (χ2v) is 8.77. The van der Waals surface area contributed by atoms with E-state index in [2.05, 4.69) is 15.3 Å². The molecule has 1 N–H and O–H groups in total. The van der Waals surface area contributed by atoms with Crippen molar-refractivity contribution >= 4 is 17.5 Å². The standard InChI is InChI=1S/C22H23F3N4O2/c1-13-26-5-3-18(27-13)19(30)28-16-10-21(2,25)12-22(11-16)4-6-29(20(22)31)17-8-14(23)7-15(24)9-17/h3,5,7-9,16H,4,6,10-12H2,1-2H3,(H,28,30). The van der Waals surface area contributed by atoms with Crippen molar-refractivity contribution in [2.24, 2.45) is 5.41 Å². The zero-order chi connectivity index (χ0) is 22.4. The number of nitrogens with one attached hydrogen (secondary N) is 1. The molecule has 0 radical (unpaired) electrons. The largest absolute Gasteiger partial charge is 0.348 e. The summed E-state index contributed by atoms with van der Waals surface area (Å²) in [6.07, 6.45) is 2.10. The van der Waals surface area contributed by atoms with Gasteiger partial charge in [-0.25, -0.2) is 23.1 Å². The summed E-state index contributed by atoms with van der Waals surface area (Å²) in [4.78, 5) is 35.3. The number of rotatable bonds is 3. The molecule has 2 aliphatic rings. The Morgan fingerprint density at radius 2 is 1.94 bits per heavy atom. The average Bonchev–Trinajstić information content (AvgIpc) is 2.95. The van der Waals surface area contributed by atoms with Gasteiger partial charge in [-0.3, -0.25) is 9.59 Å². The minimum Gasteiger partial charge on any atom is -0.348 e. The van der Waals surface area contributed by atoms with Gasteiger partial charge in [0.1, 0.15) is 28.8 Å². The van der Waals surface area contributed by atoms with Crippen molar-refractivity contribution in [3.8, 4) is 0 Å². The first-order valence-corrected chi connectivity index (χ1v) is 10.1. The summed E-state index contributed by atoms with van der Waals surface area (Å²) in [7, 11) is 0. The van der Waals surface area contributed by atoms with Gasteiger partial charge in [-0.1, -0.05) is 0 Å². The molecule has 2 amide bonds. The van der Waals surface area contributed by atoms with Gasteiger partial charge in [0.05, 0.1) is 5.41 Å². The number of nitrogens with zero attached hydrogens (tertiary/aromatic N) is 3. The zero-order valence-electron chi connectivity index (χ0n) is 17.3. The summed E-state index contributed by atoms with van der Waals surface area (Å²) in [5.74, 6) is -1.97. The number of anilines is 1. The SMILES string of the molecule is Cc1nccc(C(=O)NC2CC(C)(F)CC3(CCN(c4cc(F)cc(F)c4)C3=O)C2)n1. The predicted molar refractivity (Wildman–Crippen MR) is 107 cm³/mol. The van der Waals surface area contributed by atoms with E-state index in [1.54, 1.807) is 6.92 Å². The van der Waals surface area contributed by atoms with Crippen LogP contribution in [0.1, 0.15) is 48.9 Å². The molecule has 9 heteroatoms. The molecule has 164 valence electrons. The molecule has 2 heterocycles. The minimum atomic E-state index is -1.68. The molecule has 1 aliphatic heterocycles. The number of amides is 2. The summed E-state index contributed by atoms with van der Waals surface area (Å²) in [6, 6.07) is 3.80. The quantitative estimate of drug-likeness (QED) is 0.806. The van der Waals surface area contributed by atoms with Gasteiger partial charge < -0.3 is 10.2 Å². The third-order valence-corrected chi connectivity index (χ3v) is 6.03. The fraction of sp³-hybridized carbons (Fsp3) is 0.455. The summed E-state index contributed by atoms with van der Waals surface area (Å²) in [6.45, 7) is 3.30. The van der Waals surface area contributed by atoms with Gasteiger partial charge in [0.15, 0.2) is 0 Å². The Bertz CT molecular complexity index is 1020. The lowest BCUT2D eigenvalue weighted by Crippen LogP contribution is -2.52. The molecule has 1 aliphatic carbocycles. The van der Waals surface area contributed by atoms with Crippen LogP contribution in [0, 0.1) is 24.0 Å². The van der Waals surface area contributed by atoms with Crippen LogP contribution in [-0.2, 0) is 4.79 Å². The highest BCUT2D eigenvalue weighted by atomic mass is 19.1. The molecular weight excluding hydrogens is 409 g/mol. The summed E-state index contributed by atoms with van der Waals surface area (Å²) in [5.41, 5.74) is -2.45. The highest BCUT2D eigenvalue weighted by molar-refractivity contribution is 6.00. The normalized spacial score (nSPS) is 28.2. The number of carbonyl (C=O) groups excluding carboxylic acids is 2. The van der Waals surface area contributed by atoms with E-state index in [1.807, 2.05) is 0 Å². The van der Waals surface area contributed by atoms with Crippen molar-refractivity contribution in [2.75, 3.05) is 11.4 Å². The number of hydrogen-bond acceptors (Lipinski definition) is 4. The van der Waals surface area contributed by atoms with Gasteiger partial charge in [0, 0.05) is 37.0 Å². The van der Waals surface area contributed by atoms with Crippen LogP contribution in [0.4, 0.5) is 18.9 Å². The van der Waals surface area contributed by atoms with E-state index in [-0.39, 0.29) is 43.1 Å². The van der Waals surface area contributed by atoms with Crippen molar-refractivity contribution in [3.63, 3.8) is 0 Å². The van der Waals surface area contributed by atoms with Crippen LogP contribution in [0.25, 0.3) is 0 Å². The van der Waals surface area contributed by atoms with Crippen molar-refractivity contribution in [1.29, 1.82) is 0 Å².